The monoisotopic (exact) mass is 329 g/mol. The van der Waals surface area contributed by atoms with Crippen molar-refractivity contribution in [3.63, 3.8) is 0 Å². The van der Waals surface area contributed by atoms with Crippen LogP contribution in [0.5, 0.6) is 5.88 Å². The van der Waals surface area contributed by atoms with Gasteiger partial charge in [0, 0.05) is 25.1 Å². The van der Waals surface area contributed by atoms with Gasteiger partial charge >= 0.3 is 0 Å². The maximum absolute atomic E-state index is 12.8. The van der Waals surface area contributed by atoms with Gasteiger partial charge < -0.3 is 20.1 Å². The van der Waals surface area contributed by atoms with Gasteiger partial charge in [0.25, 0.3) is 5.91 Å². The molecule has 2 N–H and O–H groups in total. The normalized spacial score (nSPS) is 17.5. The van der Waals surface area contributed by atoms with Crippen LogP contribution >= 0.6 is 0 Å². The summed E-state index contributed by atoms with van der Waals surface area (Å²) in [6, 6.07) is 3.43. The second-order valence-electron chi connectivity index (χ2n) is 5.23. The number of ether oxygens (including phenoxy) is 2. The number of rotatable bonds is 4. The Morgan fingerprint density at radius 1 is 1.38 bits per heavy atom. The van der Waals surface area contributed by atoms with Gasteiger partial charge in [0.05, 0.1) is 19.8 Å². The van der Waals surface area contributed by atoms with E-state index in [1.807, 2.05) is 6.92 Å². The Morgan fingerprint density at radius 2 is 2.21 bits per heavy atom. The van der Waals surface area contributed by atoms with Crippen LogP contribution in [0.4, 0.5) is 5.82 Å². The molecule has 2 aromatic rings. The maximum Gasteiger partial charge on any atom is 0.259 e. The van der Waals surface area contributed by atoms with E-state index in [2.05, 4.69) is 15.0 Å². The summed E-state index contributed by atoms with van der Waals surface area (Å²) < 4.78 is 11.2. The molecule has 0 aliphatic carbocycles. The molecule has 0 aromatic carbocycles. The summed E-state index contributed by atoms with van der Waals surface area (Å²) in [6.45, 7) is 3.53. The molecule has 3 heterocycles. The van der Waals surface area contributed by atoms with Gasteiger partial charge in [-0.1, -0.05) is 0 Å². The Balaban J connectivity index is 1.80. The first kappa shape index (κ1) is 16.1. The standard InChI is InChI=1S/C16H19N5O3/c1-2-23-15-11(4-3-5-20-15)16(22)21-8-9-24-12(10-21)13-14(17)19-7-6-18-13/h3-7,12H,2,8-10H2,1H3,(H2,17,19). The molecular weight excluding hydrogens is 310 g/mol. The number of nitrogen functional groups attached to an aromatic ring is 1. The molecule has 8 heteroatoms. The van der Waals surface area contributed by atoms with Crippen LogP contribution in [-0.4, -0.2) is 52.1 Å². The van der Waals surface area contributed by atoms with Crippen molar-refractivity contribution in [3.8, 4) is 5.88 Å². The number of aromatic nitrogens is 3. The van der Waals surface area contributed by atoms with Gasteiger partial charge in [-0.3, -0.25) is 9.78 Å². The number of nitrogens with two attached hydrogens (primary N) is 1. The van der Waals surface area contributed by atoms with Crippen LogP contribution in [0.3, 0.4) is 0 Å². The van der Waals surface area contributed by atoms with Crippen molar-refractivity contribution in [2.45, 2.75) is 13.0 Å². The van der Waals surface area contributed by atoms with E-state index in [-0.39, 0.29) is 5.91 Å². The van der Waals surface area contributed by atoms with Crippen LogP contribution in [0.2, 0.25) is 0 Å². The van der Waals surface area contributed by atoms with Gasteiger partial charge in [0.15, 0.2) is 0 Å². The summed E-state index contributed by atoms with van der Waals surface area (Å²) in [7, 11) is 0. The molecule has 1 aliphatic rings. The fourth-order valence-corrected chi connectivity index (χ4v) is 2.58. The lowest BCUT2D eigenvalue weighted by atomic mass is 10.1. The highest BCUT2D eigenvalue weighted by Gasteiger charge is 2.29. The number of amides is 1. The number of nitrogens with zero attached hydrogens (tertiary/aromatic N) is 4. The van der Waals surface area contributed by atoms with Crippen molar-refractivity contribution in [1.29, 1.82) is 0 Å². The van der Waals surface area contributed by atoms with Crippen LogP contribution in [0, 0.1) is 0 Å². The van der Waals surface area contributed by atoms with Crippen LogP contribution in [0.1, 0.15) is 29.1 Å². The van der Waals surface area contributed by atoms with E-state index in [1.165, 1.54) is 6.20 Å². The molecule has 2 aromatic heterocycles. The largest absolute Gasteiger partial charge is 0.477 e. The van der Waals surface area contributed by atoms with Crippen LogP contribution < -0.4 is 10.5 Å². The fraction of sp³-hybridized carbons (Fsp3) is 0.375. The molecule has 1 fully saturated rings. The molecule has 0 bridgehead atoms. The van der Waals surface area contributed by atoms with Crippen LogP contribution in [0.25, 0.3) is 0 Å². The number of hydrogen-bond donors (Lipinski definition) is 1. The molecule has 126 valence electrons. The fourth-order valence-electron chi connectivity index (χ4n) is 2.58. The summed E-state index contributed by atoms with van der Waals surface area (Å²) >= 11 is 0. The zero-order chi connectivity index (χ0) is 16.9. The molecule has 1 unspecified atom stereocenters. The van der Waals surface area contributed by atoms with Crippen molar-refractivity contribution in [1.82, 2.24) is 19.9 Å². The van der Waals surface area contributed by atoms with E-state index >= 15 is 0 Å². The number of morpholine rings is 1. The summed E-state index contributed by atoms with van der Waals surface area (Å²) in [5.41, 5.74) is 6.85. The molecule has 24 heavy (non-hydrogen) atoms. The van der Waals surface area contributed by atoms with E-state index in [0.717, 1.165) is 0 Å². The molecule has 1 amide bonds. The summed E-state index contributed by atoms with van der Waals surface area (Å²) in [6.07, 6.45) is 4.28. The number of pyridine rings is 1. The van der Waals surface area contributed by atoms with Gasteiger partial charge in [-0.2, -0.15) is 0 Å². The van der Waals surface area contributed by atoms with E-state index in [1.54, 1.807) is 29.4 Å². The Kier molecular flexibility index (Phi) is 4.85. The Bertz CT molecular complexity index is 724. The first-order valence-electron chi connectivity index (χ1n) is 7.75. The third-order valence-corrected chi connectivity index (χ3v) is 3.70. The maximum atomic E-state index is 12.8. The highest BCUT2D eigenvalue weighted by molar-refractivity contribution is 5.96. The highest BCUT2D eigenvalue weighted by Crippen LogP contribution is 2.26. The van der Waals surface area contributed by atoms with Crippen LogP contribution in [-0.2, 0) is 4.74 Å². The lowest BCUT2D eigenvalue weighted by molar-refractivity contribution is -0.0246. The minimum atomic E-state index is -0.399. The Morgan fingerprint density at radius 3 is 3.00 bits per heavy atom. The predicted molar refractivity (Wildman–Crippen MR) is 86.4 cm³/mol. The lowest BCUT2D eigenvalue weighted by Crippen LogP contribution is -2.42. The number of carbonyl (C=O) groups is 1. The average molecular weight is 329 g/mol. The van der Waals surface area contributed by atoms with Crippen molar-refractivity contribution >= 4 is 11.7 Å². The third kappa shape index (κ3) is 3.28. The van der Waals surface area contributed by atoms with Gasteiger partial charge in [-0.05, 0) is 19.1 Å². The first-order chi connectivity index (χ1) is 11.7. The van der Waals surface area contributed by atoms with E-state index in [9.17, 15) is 4.79 Å². The van der Waals surface area contributed by atoms with Crippen molar-refractivity contribution < 1.29 is 14.3 Å². The molecule has 1 saturated heterocycles. The van der Waals surface area contributed by atoms with Gasteiger partial charge in [-0.15, -0.1) is 0 Å². The zero-order valence-corrected chi connectivity index (χ0v) is 13.4. The number of hydrogen-bond acceptors (Lipinski definition) is 7. The van der Waals surface area contributed by atoms with Gasteiger partial charge in [-0.25, -0.2) is 9.97 Å². The van der Waals surface area contributed by atoms with E-state index in [0.29, 0.717) is 49.3 Å². The number of carbonyl (C=O) groups excluding carboxylic acids is 1. The molecule has 8 nitrogen and oxygen atoms in total. The van der Waals surface area contributed by atoms with Gasteiger partial charge in [0.2, 0.25) is 5.88 Å². The second kappa shape index (κ2) is 7.22. The number of anilines is 1. The average Bonchev–Trinajstić information content (AvgIpc) is 2.62. The summed E-state index contributed by atoms with van der Waals surface area (Å²) in [4.78, 5) is 26.9. The predicted octanol–water partition coefficient (Wildman–Crippen LogP) is 1.07. The molecule has 0 spiro atoms. The summed E-state index contributed by atoms with van der Waals surface area (Å²) in [5, 5.41) is 0. The molecule has 1 aliphatic heterocycles. The van der Waals surface area contributed by atoms with Gasteiger partial charge in [0.1, 0.15) is 23.2 Å². The Labute approximate surface area is 139 Å². The van der Waals surface area contributed by atoms with E-state index in [4.69, 9.17) is 15.2 Å². The minimum absolute atomic E-state index is 0.151. The molecule has 1 atom stereocenters. The SMILES string of the molecule is CCOc1ncccc1C(=O)N1CCOC(c2nccnc2N)C1. The molecular formula is C16H19N5O3. The minimum Gasteiger partial charge on any atom is -0.477 e. The van der Waals surface area contributed by atoms with Crippen molar-refractivity contribution in [3.05, 3.63) is 42.0 Å². The second-order valence-corrected chi connectivity index (χ2v) is 5.23. The third-order valence-electron chi connectivity index (χ3n) is 3.70. The van der Waals surface area contributed by atoms with Crippen molar-refractivity contribution in [2.75, 3.05) is 32.0 Å². The molecule has 0 saturated carbocycles. The highest BCUT2D eigenvalue weighted by atomic mass is 16.5. The topological polar surface area (TPSA) is 103 Å². The zero-order valence-electron chi connectivity index (χ0n) is 13.4. The lowest BCUT2D eigenvalue weighted by Gasteiger charge is -2.33. The molecule has 0 radical (unpaired) electrons. The smallest absolute Gasteiger partial charge is 0.259 e. The summed E-state index contributed by atoms with van der Waals surface area (Å²) in [5.74, 6) is 0.502. The van der Waals surface area contributed by atoms with Crippen LogP contribution in [0.15, 0.2) is 30.7 Å². The molecule has 3 rings (SSSR count). The first-order valence-corrected chi connectivity index (χ1v) is 7.75. The quantitative estimate of drug-likeness (QED) is 0.894. The van der Waals surface area contributed by atoms with Crippen molar-refractivity contribution in [2.24, 2.45) is 0 Å². The van der Waals surface area contributed by atoms with E-state index < -0.39 is 6.10 Å². The Hall–Kier alpha value is -2.74.